The summed E-state index contributed by atoms with van der Waals surface area (Å²) in [4.78, 5) is 6.26. The molecule has 1 aliphatic rings. The average molecular weight is 244 g/mol. The Kier molecular flexibility index (Phi) is 4.00. The lowest BCUT2D eigenvalue weighted by molar-refractivity contribution is -1.09. The molecule has 0 radical (unpaired) electrons. The largest absolute Gasteiger partial charge is 0.194 e. The molecule has 3 atom stereocenters. The van der Waals surface area contributed by atoms with Gasteiger partial charge in [-0.25, -0.2) is 0 Å². The predicted molar refractivity (Wildman–Crippen MR) is 74.7 cm³/mol. The molecule has 0 amide bonds. The van der Waals surface area contributed by atoms with Crippen LogP contribution < -0.4 is 0 Å². The third-order valence-electron chi connectivity index (χ3n) is 3.75. The summed E-state index contributed by atoms with van der Waals surface area (Å²) in [5.41, 5.74) is 1.25. The molecule has 2 rings (SSSR count). The number of likely N-dealkylation sites (N-methyl/N-ethyl adjacent to an activating group) is 1. The quantitative estimate of drug-likeness (QED) is 0.567. The molecule has 1 aliphatic heterocycles. The van der Waals surface area contributed by atoms with Gasteiger partial charge in [-0.15, -0.1) is 6.58 Å². The van der Waals surface area contributed by atoms with Gasteiger partial charge in [-0.2, -0.15) is 9.48 Å². The van der Waals surface area contributed by atoms with Gasteiger partial charge in [-0.05, 0) is 11.6 Å². The molecule has 1 aromatic carbocycles. The van der Waals surface area contributed by atoms with Crippen LogP contribution in [-0.4, -0.2) is 24.3 Å². The molecule has 0 N–H and O–H groups in total. The van der Waals surface area contributed by atoms with Crippen LogP contribution in [0, 0.1) is 0 Å². The zero-order chi connectivity index (χ0) is 13.0. The predicted octanol–water partition coefficient (Wildman–Crippen LogP) is 3.64. The van der Waals surface area contributed by atoms with E-state index < -0.39 is 0 Å². The zero-order valence-corrected chi connectivity index (χ0v) is 11.1. The van der Waals surface area contributed by atoms with E-state index >= 15 is 0 Å². The fourth-order valence-electron chi connectivity index (χ4n) is 2.60. The molecule has 18 heavy (non-hydrogen) atoms. The second kappa shape index (κ2) is 5.51. The third-order valence-corrected chi connectivity index (χ3v) is 3.75. The standard InChI is InChI=1S/C16H22NO/c1-4-6-12-17(3)15(5-2)13-16(18-17)14-10-8-7-9-11-14/h4-5,7-11,15-16H,1-2,6,12-13H2,3H3/q+1/t15-,16-,17?/m0/s1. The molecule has 0 aliphatic carbocycles. The van der Waals surface area contributed by atoms with Gasteiger partial charge >= 0.3 is 0 Å². The van der Waals surface area contributed by atoms with Gasteiger partial charge in [0.1, 0.15) is 18.7 Å². The first kappa shape index (κ1) is 13.1. The molecule has 96 valence electrons. The summed E-state index contributed by atoms with van der Waals surface area (Å²) >= 11 is 0. The van der Waals surface area contributed by atoms with E-state index in [1.54, 1.807) is 0 Å². The van der Waals surface area contributed by atoms with E-state index in [-0.39, 0.29) is 6.10 Å². The van der Waals surface area contributed by atoms with Crippen molar-refractivity contribution in [3.63, 3.8) is 0 Å². The lowest BCUT2D eigenvalue weighted by Gasteiger charge is -2.30. The molecule has 1 saturated heterocycles. The summed E-state index contributed by atoms with van der Waals surface area (Å²) in [5.74, 6) is 0. The normalized spacial score (nSPS) is 31.2. The van der Waals surface area contributed by atoms with Crippen LogP contribution in [-0.2, 0) is 4.84 Å². The summed E-state index contributed by atoms with van der Waals surface area (Å²) in [5, 5.41) is 0. The minimum absolute atomic E-state index is 0.170. The summed E-state index contributed by atoms with van der Waals surface area (Å²) in [6.07, 6.45) is 6.10. The van der Waals surface area contributed by atoms with Gasteiger partial charge in [0, 0.05) is 12.8 Å². The van der Waals surface area contributed by atoms with E-state index in [2.05, 4.69) is 44.5 Å². The van der Waals surface area contributed by atoms with Gasteiger partial charge in [-0.1, -0.05) is 43.0 Å². The van der Waals surface area contributed by atoms with Crippen molar-refractivity contribution in [3.05, 3.63) is 61.2 Å². The fourth-order valence-corrected chi connectivity index (χ4v) is 2.60. The van der Waals surface area contributed by atoms with Crippen LogP contribution in [0.2, 0.25) is 0 Å². The van der Waals surface area contributed by atoms with E-state index in [0.29, 0.717) is 10.7 Å². The number of hydrogen-bond acceptors (Lipinski definition) is 1. The van der Waals surface area contributed by atoms with E-state index in [9.17, 15) is 0 Å². The SMILES string of the molecule is C=CCC[N+]1(C)O[C@H](c2ccccc2)C[C@@H]1C=C. The van der Waals surface area contributed by atoms with Gasteiger partial charge in [-0.3, -0.25) is 0 Å². The maximum atomic E-state index is 6.26. The average Bonchev–Trinajstić information content (AvgIpc) is 2.75. The van der Waals surface area contributed by atoms with E-state index in [4.69, 9.17) is 4.84 Å². The monoisotopic (exact) mass is 244 g/mol. The Morgan fingerprint density at radius 2 is 2.06 bits per heavy atom. The Morgan fingerprint density at radius 1 is 1.33 bits per heavy atom. The molecule has 2 heteroatoms. The van der Waals surface area contributed by atoms with Crippen molar-refractivity contribution in [1.82, 2.24) is 0 Å². The number of rotatable bonds is 5. The lowest BCUT2D eigenvalue weighted by Crippen LogP contribution is -2.46. The minimum atomic E-state index is 0.170. The second-order valence-corrected chi connectivity index (χ2v) is 5.02. The second-order valence-electron chi connectivity index (χ2n) is 5.02. The molecule has 0 aromatic heterocycles. The van der Waals surface area contributed by atoms with Crippen molar-refractivity contribution in [2.45, 2.75) is 25.0 Å². The first-order chi connectivity index (χ1) is 8.69. The Morgan fingerprint density at radius 3 is 2.67 bits per heavy atom. The highest BCUT2D eigenvalue weighted by atomic mass is 16.7. The van der Waals surface area contributed by atoms with Gasteiger partial charge in [0.25, 0.3) is 0 Å². The third kappa shape index (κ3) is 2.55. The summed E-state index contributed by atoms with van der Waals surface area (Å²) in [7, 11) is 2.14. The van der Waals surface area contributed by atoms with Gasteiger partial charge < -0.3 is 0 Å². The highest BCUT2D eigenvalue weighted by molar-refractivity contribution is 5.18. The number of quaternary nitrogens is 1. The van der Waals surface area contributed by atoms with Gasteiger partial charge in [0.15, 0.2) is 0 Å². The lowest BCUT2D eigenvalue weighted by atomic mass is 10.0. The van der Waals surface area contributed by atoms with Crippen LogP contribution >= 0.6 is 0 Å². The minimum Gasteiger partial charge on any atom is -0.194 e. The zero-order valence-electron chi connectivity index (χ0n) is 11.1. The van der Waals surface area contributed by atoms with E-state index in [1.165, 1.54) is 5.56 Å². The molecular formula is C16H22NO+. The van der Waals surface area contributed by atoms with Crippen molar-refractivity contribution in [3.8, 4) is 0 Å². The molecule has 0 saturated carbocycles. The number of benzene rings is 1. The van der Waals surface area contributed by atoms with Crippen molar-refractivity contribution >= 4 is 0 Å². The summed E-state index contributed by atoms with van der Waals surface area (Å²) in [6.45, 7) is 8.69. The van der Waals surface area contributed by atoms with E-state index in [1.807, 2.05) is 18.2 Å². The number of nitrogens with zero attached hydrogens (tertiary/aromatic N) is 1. The van der Waals surface area contributed by atoms with Crippen molar-refractivity contribution < 1.29 is 9.48 Å². The van der Waals surface area contributed by atoms with Crippen molar-refractivity contribution in [1.29, 1.82) is 0 Å². The maximum absolute atomic E-state index is 6.26. The van der Waals surface area contributed by atoms with Crippen molar-refractivity contribution in [2.75, 3.05) is 13.6 Å². The maximum Gasteiger partial charge on any atom is 0.148 e. The Bertz CT molecular complexity index is 414. The highest BCUT2D eigenvalue weighted by Gasteiger charge is 2.44. The van der Waals surface area contributed by atoms with Crippen molar-refractivity contribution in [2.24, 2.45) is 0 Å². The molecule has 2 nitrogen and oxygen atoms in total. The molecular weight excluding hydrogens is 222 g/mol. The number of hydroxylamine groups is 3. The molecule has 1 aromatic rings. The van der Waals surface area contributed by atoms with Crippen LogP contribution in [0.15, 0.2) is 55.6 Å². The molecule has 1 unspecified atom stereocenters. The Hall–Kier alpha value is -1.38. The summed E-state index contributed by atoms with van der Waals surface area (Å²) in [6, 6.07) is 10.8. The van der Waals surface area contributed by atoms with Crippen LogP contribution in [0.4, 0.5) is 0 Å². The van der Waals surface area contributed by atoms with E-state index in [0.717, 1.165) is 19.4 Å². The topological polar surface area (TPSA) is 9.23 Å². The smallest absolute Gasteiger partial charge is 0.148 e. The first-order valence-electron chi connectivity index (χ1n) is 6.51. The molecule has 0 spiro atoms. The summed E-state index contributed by atoms with van der Waals surface area (Å²) < 4.78 is 0.606. The Balaban J connectivity index is 2.15. The molecule has 1 fully saturated rings. The fraction of sp³-hybridized carbons (Fsp3) is 0.375. The Labute approximate surface area is 110 Å². The van der Waals surface area contributed by atoms with Crippen LogP contribution in [0.1, 0.15) is 24.5 Å². The van der Waals surface area contributed by atoms with Crippen LogP contribution in [0.5, 0.6) is 0 Å². The first-order valence-corrected chi connectivity index (χ1v) is 6.51. The van der Waals surface area contributed by atoms with Crippen LogP contribution in [0.25, 0.3) is 0 Å². The van der Waals surface area contributed by atoms with Gasteiger partial charge in [0.2, 0.25) is 0 Å². The van der Waals surface area contributed by atoms with Gasteiger partial charge in [0.05, 0.1) is 7.05 Å². The molecule has 0 bridgehead atoms. The van der Waals surface area contributed by atoms with Crippen LogP contribution in [0.3, 0.4) is 0 Å². The molecule has 1 heterocycles. The highest BCUT2D eigenvalue weighted by Crippen LogP contribution is 2.38. The number of hydrogen-bond donors (Lipinski definition) is 0.